The van der Waals surface area contributed by atoms with Crippen molar-refractivity contribution in [1.82, 2.24) is 0 Å². The molecule has 0 aliphatic rings. The van der Waals surface area contributed by atoms with Crippen molar-refractivity contribution in [3.63, 3.8) is 0 Å². The van der Waals surface area contributed by atoms with E-state index in [9.17, 15) is 4.79 Å². The second-order valence-electron chi connectivity index (χ2n) is 4.07. The Hall–Kier alpha value is -2.18. The Bertz CT molecular complexity index is 596. The fraction of sp³-hybridized carbons (Fsp3) is 0.143. The van der Waals surface area contributed by atoms with Crippen molar-refractivity contribution in [2.45, 2.75) is 6.61 Å². The molecule has 1 aromatic carbocycles. The van der Waals surface area contributed by atoms with Crippen LogP contribution >= 0.6 is 12.2 Å². The van der Waals surface area contributed by atoms with Crippen molar-refractivity contribution in [2.24, 2.45) is 5.73 Å². The molecule has 0 unspecified atom stereocenters. The van der Waals surface area contributed by atoms with Gasteiger partial charge < -0.3 is 20.2 Å². The van der Waals surface area contributed by atoms with Crippen LogP contribution in [0.5, 0.6) is 0 Å². The monoisotopic (exact) mass is 290 g/mol. The van der Waals surface area contributed by atoms with E-state index in [1.807, 2.05) is 0 Å². The maximum Gasteiger partial charge on any atom is 0.250 e. The maximum atomic E-state index is 11.7. The molecule has 5 nitrogen and oxygen atoms in total. The third-order valence-electron chi connectivity index (χ3n) is 2.49. The minimum Gasteiger partial charge on any atom is -0.467 e. The number of carbonyl (C=O) groups excluding carboxylic acids is 1. The summed E-state index contributed by atoms with van der Waals surface area (Å²) in [7, 11) is 0. The fourth-order valence-electron chi connectivity index (χ4n) is 1.59. The van der Waals surface area contributed by atoms with Crippen molar-refractivity contribution in [3.05, 3.63) is 54.0 Å². The summed E-state index contributed by atoms with van der Waals surface area (Å²) in [6.07, 6.45) is 1.56. The first-order valence-electron chi connectivity index (χ1n) is 5.95. The van der Waals surface area contributed by atoms with E-state index in [0.717, 1.165) is 0 Å². The minimum absolute atomic E-state index is 0.0575. The van der Waals surface area contributed by atoms with Crippen LogP contribution in [0.25, 0.3) is 0 Å². The molecule has 2 rings (SSSR count). The Kier molecular flexibility index (Phi) is 4.86. The van der Waals surface area contributed by atoms with Gasteiger partial charge in [0.15, 0.2) is 0 Å². The maximum absolute atomic E-state index is 11.7. The van der Waals surface area contributed by atoms with E-state index in [2.05, 4.69) is 5.32 Å². The topological polar surface area (TPSA) is 77.5 Å². The molecular weight excluding hydrogens is 276 g/mol. The summed E-state index contributed by atoms with van der Waals surface area (Å²) < 4.78 is 10.3. The first-order chi connectivity index (χ1) is 9.65. The normalized spacial score (nSPS) is 10.2. The Morgan fingerprint density at radius 2 is 2.20 bits per heavy atom. The number of nitrogens with one attached hydrogen (secondary N) is 1. The van der Waals surface area contributed by atoms with Crippen molar-refractivity contribution >= 4 is 28.8 Å². The van der Waals surface area contributed by atoms with Crippen LogP contribution in [0, 0.1) is 0 Å². The first-order valence-corrected chi connectivity index (χ1v) is 6.36. The molecule has 1 heterocycles. The van der Waals surface area contributed by atoms with Gasteiger partial charge in [0.25, 0.3) is 0 Å². The molecule has 0 spiro atoms. The second-order valence-corrected chi connectivity index (χ2v) is 4.51. The Balaban J connectivity index is 1.82. The number of rotatable bonds is 6. The van der Waals surface area contributed by atoms with Crippen LogP contribution in [-0.2, 0) is 16.1 Å². The van der Waals surface area contributed by atoms with Crippen LogP contribution in [0.1, 0.15) is 11.3 Å². The quantitative estimate of drug-likeness (QED) is 0.796. The number of thiocarbonyl (C=S) groups is 1. The highest BCUT2D eigenvalue weighted by Crippen LogP contribution is 2.10. The number of benzene rings is 1. The lowest BCUT2D eigenvalue weighted by atomic mass is 10.2. The Morgan fingerprint density at radius 1 is 1.35 bits per heavy atom. The van der Waals surface area contributed by atoms with Gasteiger partial charge in [-0.25, -0.2) is 0 Å². The highest BCUT2D eigenvalue weighted by molar-refractivity contribution is 7.80. The predicted octanol–water partition coefficient (Wildman–Crippen LogP) is 2.07. The minimum atomic E-state index is -0.253. The van der Waals surface area contributed by atoms with Crippen molar-refractivity contribution in [2.75, 3.05) is 11.9 Å². The molecule has 104 valence electrons. The van der Waals surface area contributed by atoms with Crippen LogP contribution in [0.4, 0.5) is 5.69 Å². The average Bonchev–Trinajstić information content (AvgIpc) is 2.92. The SMILES string of the molecule is NC(=S)c1cccc(NC(=O)COCc2ccco2)c1. The van der Waals surface area contributed by atoms with E-state index in [1.54, 1.807) is 42.7 Å². The molecule has 0 fully saturated rings. The summed E-state index contributed by atoms with van der Waals surface area (Å²) in [5, 5.41) is 2.71. The molecule has 20 heavy (non-hydrogen) atoms. The smallest absolute Gasteiger partial charge is 0.250 e. The molecule has 0 atom stereocenters. The highest BCUT2D eigenvalue weighted by atomic mass is 32.1. The lowest BCUT2D eigenvalue weighted by Crippen LogP contribution is -2.18. The van der Waals surface area contributed by atoms with Crippen LogP contribution in [-0.4, -0.2) is 17.5 Å². The van der Waals surface area contributed by atoms with Crippen LogP contribution in [0.15, 0.2) is 47.1 Å². The van der Waals surface area contributed by atoms with Gasteiger partial charge in [0.05, 0.1) is 6.26 Å². The largest absolute Gasteiger partial charge is 0.467 e. The lowest BCUT2D eigenvalue weighted by Gasteiger charge is -2.07. The molecule has 6 heteroatoms. The van der Waals surface area contributed by atoms with E-state index in [0.29, 0.717) is 17.0 Å². The van der Waals surface area contributed by atoms with Crippen LogP contribution in [0.3, 0.4) is 0 Å². The molecular formula is C14H14N2O3S. The van der Waals surface area contributed by atoms with Crippen molar-refractivity contribution < 1.29 is 13.9 Å². The van der Waals surface area contributed by atoms with Gasteiger partial charge in [-0.3, -0.25) is 4.79 Å². The van der Waals surface area contributed by atoms with Gasteiger partial charge in [-0.15, -0.1) is 0 Å². The number of ether oxygens (including phenoxy) is 1. The van der Waals surface area contributed by atoms with E-state index >= 15 is 0 Å². The lowest BCUT2D eigenvalue weighted by molar-refractivity contribution is -0.121. The zero-order valence-corrected chi connectivity index (χ0v) is 11.5. The summed E-state index contributed by atoms with van der Waals surface area (Å²) in [5.74, 6) is 0.421. The van der Waals surface area contributed by atoms with Gasteiger partial charge in [0.2, 0.25) is 5.91 Å². The average molecular weight is 290 g/mol. The number of carbonyl (C=O) groups is 1. The van der Waals surface area contributed by atoms with Crippen LogP contribution < -0.4 is 11.1 Å². The molecule has 1 amide bonds. The summed E-state index contributed by atoms with van der Waals surface area (Å²) in [5.41, 5.74) is 6.86. The fourth-order valence-corrected chi connectivity index (χ4v) is 1.71. The Morgan fingerprint density at radius 3 is 2.90 bits per heavy atom. The van der Waals surface area contributed by atoms with Crippen molar-refractivity contribution in [3.8, 4) is 0 Å². The molecule has 0 bridgehead atoms. The molecule has 0 aliphatic carbocycles. The molecule has 0 saturated heterocycles. The zero-order valence-electron chi connectivity index (χ0n) is 10.7. The number of furan rings is 1. The van der Waals surface area contributed by atoms with Crippen molar-refractivity contribution in [1.29, 1.82) is 0 Å². The zero-order chi connectivity index (χ0) is 14.4. The van der Waals surface area contributed by atoms with Gasteiger partial charge in [-0.05, 0) is 24.3 Å². The van der Waals surface area contributed by atoms with Gasteiger partial charge in [0, 0.05) is 11.3 Å². The molecule has 0 saturated carbocycles. The van der Waals surface area contributed by atoms with Gasteiger partial charge in [-0.1, -0.05) is 24.4 Å². The predicted molar refractivity (Wildman–Crippen MR) is 79.3 cm³/mol. The number of nitrogens with two attached hydrogens (primary N) is 1. The number of hydrogen-bond acceptors (Lipinski definition) is 4. The summed E-state index contributed by atoms with van der Waals surface area (Å²) in [6, 6.07) is 10.6. The van der Waals surface area contributed by atoms with E-state index in [1.165, 1.54) is 0 Å². The number of amides is 1. The summed E-state index contributed by atoms with van der Waals surface area (Å²) in [4.78, 5) is 12.0. The molecule has 0 radical (unpaired) electrons. The first kappa shape index (κ1) is 14.2. The van der Waals surface area contributed by atoms with E-state index in [4.69, 9.17) is 27.1 Å². The number of anilines is 1. The standard InChI is InChI=1S/C14H14N2O3S/c15-14(20)10-3-1-4-11(7-10)16-13(17)9-18-8-12-5-2-6-19-12/h1-7H,8-9H2,(H2,15,20)(H,16,17). The molecule has 1 aromatic heterocycles. The second kappa shape index (κ2) is 6.83. The van der Waals surface area contributed by atoms with Crippen LogP contribution in [0.2, 0.25) is 0 Å². The molecule has 3 N–H and O–H groups in total. The van der Waals surface area contributed by atoms with E-state index < -0.39 is 0 Å². The van der Waals surface area contributed by atoms with Gasteiger partial charge in [0.1, 0.15) is 24.0 Å². The molecule has 2 aromatic rings. The third kappa shape index (κ3) is 4.18. The summed E-state index contributed by atoms with van der Waals surface area (Å²) in [6.45, 7) is 0.200. The summed E-state index contributed by atoms with van der Waals surface area (Å²) >= 11 is 4.88. The van der Waals surface area contributed by atoms with E-state index in [-0.39, 0.29) is 24.1 Å². The third-order valence-corrected chi connectivity index (χ3v) is 2.72. The molecule has 0 aliphatic heterocycles. The number of hydrogen-bond donors (Lipinski definition) is 2. The van der Waals surface area contributed by atoms with Gasteiger partial charge >= 0.3 is 0 Å². The Labute approximate surface area is 121 Å². The van der Waals surface area contributed by atoms with Gasteiger partial charge in [-0.2, -0.15) is 0 Å². The highest BCUT2D eigenvalue weighted by Gasteiger charge is 2.05.